The minimum Gasteiger partial charge on any atom is -0.436 e. The summed E-state index contributed by atoms with van der Waals surface area (Å²) in [5.74, 6) is 0.217. The molecule has 2 heterocycles. The smallest absolute Gasteiger partial charge is 0.231 e. The van der Waals surface area contributed by atoms with E-state index in [-0.39, 0.29) is 5.75 Å². The third-order valence-corrected chi connectivity index (χ3v) is 3.23. The predicted molar refractivity (Wildman–Crippen MR) is 68.3 cm³/mol. The molecule has 0 fully saturated rings. The molecule has 90 valence electrons. The third kappa shape index (κ3) is 1.86. The Kier molecular flexibility index (Phi) is 2.56. The number of rotatable bonds is 2. The van der Waals surface area contributed by atoms with Crippen molar-refractivity contribution in [2.24, 2.45) is 0 Å². The van der Waals surface area contributed by atoms with Gasteiger partial charge in [-0.1, -0.05) is 0 Å². The molecule has 0 saturated heterocycles. The fourth-order valence-electron chi connectivity index (χ4n) is 1.55. The van der Waals surface area contributed by atoms with Gasteiger partial charge in [-0.3, -0.25) is 0 Å². The molecular formula is C12H8FN3OS. The van der Waals surface area contributed by atoms with E-state index in [2.05, 4.69) is 9.97 Å². The Bertz CT molecular complexity index is 713. The molecule has 2 aromatic heterocycles. The second kappa shape index (κ2) is 4.23. The lowest BCUT2D eigenvalue weighted by atomic mass is 10.3. The highest BCUT2D eigenvalue weighted by Gasteiger charge is 2.09. The van der Waals surface area contributed by atoms with Crippen LogP contribution in [-0.2, 0) is 0 Å². The number of nitrogen functional groups attached to an aromatic ring is 1. The average molecular weight is 261 g/mol. The molecule has 0 bridgehead atoms. The zero-order valence-electron chi connectivity index (χ0n) is 9.13. The molecule has 3 rings (SSSR count). The first-order chi connectivity index (χ1) is 8.74. The van der Waals surface area contributed by atoms with Gasteiger partial charge >= 0.3 is 0 Å². The van der Waals surface area contributed by atoms with Gasteiger partial charge < -0.3 is 10.5 Å². The SMILES string of the molecule is Nc1ccc(F)cc1Oc1ncnc2sccc12. The fraction of sp³-hybridized carbons (Fsp3) is 0. The van der Waals surface area contributed by atoms with E-state index in [1.165, 1.54) is 35.9 Å². The summed E-state index contributed by atoms with van der Waals surface area (Å²) in [6.07, 6.45) is 1.41. The van der Waals surface area contributed by atoms with Crippen LogP contribution in [0.4, 0.5) is 10.1 Å². The van der Waals surface area contributed by atoms with Crippen LogP contribution in [0.25, 0.3) is 10.2 Å². The van der Waals surface area contributed by atoms with Crippen molar-refractivity contribution >= 4 is 27.2 Å². The molecule has 0 atom stereocenters. The second-order valence-corrected chi connectivity index (χ2v) is 4.50. The number of hydrogen-bond donors (Lipinski definition) is 1. The van der Waals surface area contributed by atoms with Crippen LogP contribution in [0.3, 0.4) is 0 Å². The van der Waals surface area contributed by atoms with Gasteiger partial charge in [0.05, 0.1) is 11.1 Å². The predicted octanol–water partition coefficient (Wildman–Crippen LogP) is 3.20. The van der Waals surface area contributed by atoms with Gasteiger partial charge in [0.1, 0.15) is 17.0 Å². The van der Waals surface area contributed by atoms with Crippen LogP contribution in [0, 0.1) is 5.82 Å². The lowest BCUT2D eigenvalue weighted by Crippen LogP contribution is -1.95. The monoisotopic (exact) mass is 261 g/mol. The molecule has 2 N–H and O–H groups in total. The highest BCUT2D eigenvalue weighted by molar-refractivity contribution is 7.16. The van der Waals surface area contributed by atoms with Gasteiger partial charge in [-0.05, 0) is 23.6 Å². The summed E-state index contributed by atoms with van der Waals surface area (Å²) < 4.78 is 18.7. The van der Waals surface area contributed by atoms with Crippen molar-refractivity contribution in [2.75, 3.05) is 5.73 Å². The highest BCUT2D eigenvalue weighted by Crippen LogP contribution is 2.32. The first kappa shape index (κ1) is 10.9. The number of nitrogens with zero attached hydrogens (tertiary/aromatic N) is 2. The lowest BCUT2D eigenvalue weighted by Gasteiger charge is -2.07. The summed E-state index contributed by atoms with van der Waals surface area (Å²) >= 11 is 1.48. The Hall–Kier alpha value is -2.21. The van der Waals surface area contributed by atoms with Crippen molar-refractivity contribution < 1.29 is 9.13 Å². The zero-order chi connectivity index (χ0) is 12.5. The van der Waals surface area contributed by atoms with Crippen molar-refractivity contribution in [1.82, 2.24) is 9.97 Å². The summed E-state index contributed by atoms with van der Waals surface area (Å²) in [6.45, 7) is 0. The summed E-state index contributed by atoms with van der Waals surface area (Å²) in [5.41, 5.74) is 6.08. The lowest BCUT2D eigenvalue weighted by molar-refractivity contribution is 0.465. The Labute approximate surface area is 106 Å². The molecule has 18 heavy (non-hydrogen) atoms. The maximum absolute atomic E-state index is 13.1. The van der Waals surface area contributed by atoms with Crippen LogP contribution in [-0.4, -0.2) is 9.97 Å². The molecule has 4 nitrogen and oxygen atoms in total. The number of hydrogen-bond acceptors (Lipinski definition) is 5. The molecule has 6 heteroatoms. The van der Waals surface area contributed by atoms with Crippen LogP contribution in [0.1, 0.15) is 0 Å². The van der Waals surface area contributed by atoms with E-state index in [0.717, 1.165) is 10.2 Å². The normalized spacial score (nSPS) is 10.7. The first-order valence-electron chi connectivity index (χ1n) is 5.15. The maximum atomic E-state index is 13.1. The quantitative estimate of drug-likeness (QED) is 0.719. The van der Waals surface area contributed by atoms with E-state index in [4.69, 9.17) is 10.5 Å². The molecular weight excluding hydrogens is 253 g/mol. The van der Waals surface area contributed by atoms with Crippen molar-refractivity contribution in [1.29, 1.82) is 0 Å². The summed E-state index contributed by atoms with van der Waals surface area (Å²) in [5, 5.41) is 2.67. The van der Waals surface area contributed by atoms with Crippen molar-refractivity contribution in [3.63, 3.8) is 0 Å². The molecule has 1 aromatic carbocycles. The molecule has 0 aliphatic heterocycles. The molecule has 3 aromatic rings. The Balaban J connectivity index is 2.06. The van der Waals surface area contributed by atoms with E-state index >= 15 is 0 Å². The fourth-order valence-corrected chi connectivity index (χ4v) is 2.27. The molecule has 0 amide bonds. The molecule has 0 spiro atoms. The molecule has 0 radical (unpaired) electrons. The third-order valence-electron chi connectivity index (χ3n) is 2.41. The van der Waals surface area contributed by atoms with Crippen LogP contribution in [0.15, 0.2) is 36.0 Å². The molecule has 0 aliphatic rings. The number of nitrogens with two attached hydrogens (primary N) is 1. The average Bonchev–Trinajstić information content (AvgIpc) is 2.83. The van der Waals surface area contributed by atoms with Gasteiger partial charge in [-0.15, -0.1) is 11.3 Å². The van der Waals surface area contributed by atoms with E-state index in [1.807, 2.05) is 11.4 Å². The van der Waals surface area contributed by atoms with E-state index in [9.17, 15) is 4.39 Å². The number of ether oxygens (including phenoxy) is 1. The number of anilines is 1. The van der Waals surface area contributed by atoms with Crippen molar-refractivity contribution in [3.05, 3.63) is 41.8 Å². The standard InChI is InChI=1S/C12H8FN3OS/c13-7-1-2-9(14)10(5-7)17-11-8-3-4-18-12(8)16-6-15-11/h1-6H,14H2. The summed E-state index contributed by atoms with van der Waals surface area (Å²) in [6, 6.07) is 5.82. The van der Waals surface area contributed by atoms with Gasteiger partial charge in [0, 0.05) is 6.07 Å². The van der Waals surface area contributed by atoms with Gasteiger partial charge in [0.25, 0.3) is 0 Å². The number of benzene rings is 1. The number of thiophene rings is 1. The Morgan fingerprint density at radius 2 is 2.11 bits per heavy atom. The number of fused-ring (bicyclic) bond motifs is 1. The van der Waals surface area contributed by atoms with Crippen molar-refractivity contribution in [2.45, 2.75) is 0 Å². The van der Waals surface area contributed by atoms with Gasteiger partial charge in [0.2, 0.25) is 5.88 Å². The minimum atomic E-state index is -0.408. The topological polar surface area (TPSA) is 61.0 Å². The Morgan fingerprint density at radius 3 is 3.00 bits per heavy atom. The van der Waals surface area contributed by atoms with Crippen molar-refractivity contribution in [3.8, 4) is 11.6 Å². The number of aromatic nitrogens is 2. The first-order valence-corrected chi connectivity index (χ1v) is 6.03. The number of halogens is 1. The largest absolute Gasteiger partial charge is 0.436 e. The van der Waals surface area contributed by atoms with Gasteiger partial charge in [-0.2, -0.15) is 0 Å². The summed E-state index contributed by atoms with van der Waals surface area (Å²) in [4.78, 5) is 8.96. The Morgan fingerprint density at radius 1 is 1.22 bits per heavy atom. The molecule has 0 saturated carbocycles. The zero-order valence-corrected chi connectivity index (χ0v) is 9.95. The van der Waals surface area contributed by atoms with Crippen LogP contribution >= 0.6 is 11.3 Å². The van der Waals surface area contributed by atoms with E-state index in [1.54, 1.807) is 0 Å². The molecule has 0 aliphatic carbocycles. The van der Waals surface area contributed by atoms with Gasteiger partial charge in [-0.25, -0.2) is 14.4 Å². The van der Waals surface area contributed by atoms with Crippen LogP contribution in [0.5, 0.6) is 11.6 Å². The van der Waals surface area contributed by atoms with Crippen LogP contribution < -0.4 is 10.5 Å². The summed E-state index contributed by atoms with van der Waals surface area (Å²) in [7, 11) is 0. The minimum absolute atomic E-state index is 0.251. The highest BCUT2D eigenvalue weighted by atomic mass is 32.1. The maximum Gasteiger partial charge on any atom is 0.231 e. The molecule has 0 unspecified atom stereocenters. The van der Waals surface area contributed by atoms with Gasteiger partial charge in [0.15, 0.2) is 5.75 Å². The van der Waals surface area contributed by atoms with E-state index < -0.39 is 5.82 Å². The second-order valence-electron chi connectivity index (χ2n) is 3.60. The van der Waals surface area contributed by atoms with Crippen LogP contribution in [0.2, 0.25) is 0 Å². The van der Waals surface area contributed by atoms with E-state index in [0.29, 0.717) is 11.6 Å².